The van der Waals surface area contributed by atoms with Crippen LogP contribution in [-0.4, -0.2) is 6.61 Å². The number of hydrogen-bond donors (Lipinski definition) is 1. The smallest absolute Gasteiger partial charge is 0.0951 e. The van der Waals surface area contributed by atoms with Gasteiger partial charge in [0.2, 0.25) is 0 Å². The third kappa shape index (κ3) is 0.389. The molecule has 0 atom stereocenters. The number of hydroxylamine groups is 1. The minimum Gasteiger partial charge on any atom is -0.272 e. The molecule has 0 aliphatic carbocycles. The van der Waals surface area contributed by atoms with Gasteiger partial charge >= 0.3 is 0 Å². The topological polar surface area (TPSA) is 21.3 Å². The lowest BCUT2D eigenvalue weighted by Gasteiger charge is -1.81. The summed E-state index contributed by atoms with van der Waals surface area (Å²) >= 11 is 0. The first-order valence-corrected chi connectivity index (χ1v) is 1.44. The highest BCUT2D eigenvalue weighted by Gasteiger charge is 1.82. The molecule has 1 aliphatic rings. The average molecular weight is 70.1 g/mol. The van der Waals surface area contributed by atoms with Gasteiger partial charge in [-0.3, -0.25) is 10.3 Å². The van der Waals surface area contributed by atoms with E-state index in [2.05, 4.69) is 16.5 Å². The van der Waals surface area contributed by atoms with E-state index in [4.69, 9.17) is 0 Å². The quantitative estimate of drug-likeness (QED) is 0.427. The largest absolute Gasteiger partial charge is 0.272 e. The molecule has 0 spiro atoms. The fourth-order valence-corrected chi connectivity index (χ4v) is 0.208. The SMILES string of the molecule is [C]1=CCON1. The maximum Gasteiger partial charge on any atom is 0.0951 e. The van der Waals surface area contributed by atoms with E-state index in [-0.39, 0.29) is 0 Å². The van der Waals surface area contributed by atoms with E-state index >= 15 is 0 Å². The molecular weight excluding hydrogens is 66.0 g/mol. The van der Waals surface area contributed by atoms with Crippen molar-refractivity contribution in [1.29, 1.82) is 0 Å². The molecule has 0 aromatic heterocycles. The molecule has 1 radical (unpaired) electrons. The molecule has 0 unspecified atom stereocenters. The van der Waals surface area contributed by atoms with E-state index in [1.54, 1.807) is 6.08 Å². The predicted octanol–water partition coefficient (Wildman–Crippen LogP) is -0.162. The van der Waals surface area contributed by atoms with Gasteiger partial charge in [0.1, 0.15) is 0 Å². The zero-order chi connectivity index (χ0) is 3.54. The van der Waals surface area contributed by atoms with Crippen molar-refractivity contribution >= 4 is 0 Å². The van der Waals surface area contributed by atoms with Crippen LogP contribution < -0.4 is 5.48 Å². The highest BCUT2D eigenvalue weighted by Crippen LogP contribution is 1.76. The molecule has 2 heteroatoms. The standard InChI is InChI=1S/C3H4NO/c1-2-4-5-3-1/h1,4H,3H2. The fourth-order valence-electron chi connectivity index (χ4n) is 0.208. The molecule has 0 saturated carbocycles. The van der Waals surface area contributed by atoms with E-state index in [1.165, 1.54) is 0 Å². The molecular formula is C3H4NO. The van der Waals surface area contributed by atoms with Gasteiger partial charge < -0.3 is 0 Å². The first-order chi connectivity index (χ1) is 2.50. The molecule has 0 aromatic carbocycles. The van der Waals surface area contributed by atoms with Gasteiger partial charge in [-0.25, -0.2) is 0 Å². The van der Waals surface area contributed by atoms with Crippen molar-refractivity contribution < 1.29 is 4.84 Å². The van der Waals surface area contributed by atoms with Crippen molar-refractivity contribution in [3.05, 3.63) is 12.3 Å². The molecule has 5 heavy (non-hydrogen) atoms. The molecule has 0 fully saturated rings. The zero-order valence-corrected chi connectivity index (χ0v) is 2.69. The second-order valence-corrected chi connectivity index (χ2v) is 0.762. The third-order valence-corrected chi connectivity index (χ3v) is 0.400. The van der Waals surface area contributed by atoms with Crippen LogP contribution in [0.15, 0.2) is 6.08 Å². The van der Waals surface area contributed by atoms with Crippen LogP contribution in [0.1, 0.15) is 0 Å². The van der Waals surface area contributed by atoms with Crippen molar-refractivity contribution in [1.82, 2.24) is 5.48 Å². The molecule has 1 N–H and O–H groups in total. The highest BCUT2D eigenvalue weighted by molar-refractivity contribution is 4.72. The average Bonchev–Trinajstić information content (AvgIpc) is 1.76. The Bertz CT molecular complexity index is 44.9. The van der Waals surface area contributed by atoms with Crippen LogP contribution in [0.2, 0.25) is 0 Å². The van der Waals surface area contributed by atoms with Crippen LogP contribution >= 0.6 is 0 Å². The Morgan fingerprint density at radius 1 is 2.00 bits per heavy atom. The second kappa shape index (κ2) is 1.08. The normalized spacial score (nSPS) is 19.2. The first-order valence-electron chi connectivity index (χ1n) is 1.44. The Morgan fingerprint density at radius 3 is 3.20 bits per heavy atom. The summed E-state index contributed by atoms with van der Waals surface area (Å²) in [6, 6.07) is 0. The summed E-state index contributed by atoms with van der Waals surface area (Å²) in [5.41, 5.74) is 2.42. The number of nitrogens with one attached hydrogen (secondary N) is 1. The van der Waals surface area contributed by atoms with Crippen molar-refractivity contribution in [2.45, 2.75) is 0 Å². The lowest BCUT2D eigenvalue weighted by atomic mass is 10.7. The predicted molar refractivity (Wildman–Crippen MR) is 16.9 cm³/mol. The van der Waals surface area contributed by atoms with Crippen LogP contribution in [0.5, 0.6) is 0 Å². The molecule has 1 heterocycles. The molecule has 0 saturated heterocycles. The van der Waals surface area contributed by atoms with Crippen molar-refractivity contribution in [3.8, 4) is 0 Å². The molecule has 27 valence electrons. The number of rotatable bonds is 0. The lowest BCUT2D eigenvalue weighted by Crippen LogP contribution is -1.96. The van der Waals surface area contributed by atoms with Gasteiger partial charge in [-0.15, -0.1) is 0 Å². The summed E-state index contributed by atoms with van der Waals surface area (Å²) in [4.78, 5) is 4.53. The Hall–Kier alpha value is -0.500. The Labute approximate surface area is 30.4 Å². The van der Waals surface area contributed by atoms with Crippen LogP contribution in [0.25, 0.3) is 0 Å². The fraction of sp³-hybridized carbons (Fsp3) is 0.333. The van der Waals surface area contributed by atoms with Gasteiger partial charge in [0.05, 0.1) is 12.8 Å². The van der Waals surface area contributed by atoms with Gasteiger partial charge in [-0.2, -0.15) is 0 Å². The maximum atomic E-state index is 4.53. The first kappa shape index (κ1) is 2.72. The molecule has 1 rings (SSSR count). The number of hydrogen-bond acceptors (Lipinski definition) is 2. The summed E-state index contributed by atoms with van der Waals surface area (Å²) in [6.45, 7) is 0.653. The minimum absolute atomic E-state index is 0.653. The monoisotopic (exact) mass is 70.0 g/mol. The van der Waals surface area contributed by atoms with E-state index < -0.39 is 0 Å². The third-order valence-electron chi connectivity index (χ3n) is 0.400. The molecule has 0 amide bonds. The van der Waals surface area contributed by atoms with Crippen LogP contribution in [0.3, 0.4) is 0 Å². The molecule has 2 nitrogen and oxygen atoms in total. The Balaban J connectivity index is 2.32. The van der Waals surface area contributed by atoms with Crippen LogP contribution in [0.4, 0.5) is 0 Å². The van der Waals surface area contributed by atoms with E-state index in [0.29, 0.717) is 6.61 Å². The summed E-state index contributed by atoms with van der Waals surface area (Å²) in [5, 5.41) is 0. The van der Waals surface area contributed by atoms with Gasteiger partial charge in [0.25, 0.3) is 0 Å². The van der Waals surface area contributed by atoms with E-state index in [9.17, 15) is 0 Å². The maximum absolute atomic E-state index is 4.53. The van der Waals surface area contributed by atoms with Gasteiger partial charge in [-0.1, -0.05) is 0 Å². The highest BCUT2D eigenvalue weighted by atomic mass is 16.6. The van der Waals surface area contributed by atoms with Crippen LogP contribution in [0, 0.1) is 6.20 Å². The van der Waals surface area contributed by atoms with E-state index in [1.807, 2.05) is 0 Å². The van der Waals surface area contributed by atoms with Gasteiger partial charge in [0.15, 0.2) is 0 Å². The Morgan fingerprint density at radius 2 is 3.00 bits per heavy atom. The second-order valence-electron chi connectivity index (χ2n) is 0.762. The van der Waals surface area contributed by atoms with Crippen molar-refractivity contribution in [2.24, 2.45) is 0 Å². The molecule has 0 bridgehead atoms. The Kier molecular flexibility index (Phi) is 0.588. The van der Waals surface area contributed by atoms with Gasteiger partial charge in [-0.05, 0) is 6.08 Å². The summed E-state index contributed by atoms with van der Waals surface area (Å²) in [6.07, 6.45) is 4.40. The summed E-state index contributed by atoms with van der Waals surface area (Å²) in [5.74, 6) is 0. The van der Waals surface area contributed by atoms with Crippen molar-refractivity contribution in [3.63, 3.8) is 0 Å². The molecule has 1 aliphatic heterocycles. The minimum atomic E-state index is 0.653. The van der Waals surface area contributed by atoms with Crippen molar-refractivity contribution in [2.75, 3.05) is 6.61 Å². The van der Waals surface area contributed by atoms with Gasteiger partial charge in [0, 0.05) is 0 Å². The molecule has 0 aromatic rings. The van der Waals surface area contributed by atoms with Crippen LogP contribution in [-0.2, 0) is 4.84 Å². The summed E-state index contributed by atoms with van der Waals surface area (Å²) in [7, 11) is 0. The summed E-state index contributed by atoms with van der Waals surface area (Å²) < 4.78 is 0. The lowest BCUT2D eigenvalue weighted by molar-refractivity contribution is 0.111. The van der Waals surface area contributed by atoms with E-state index in [0.717, 1.165) is 0 Å². The zero-order valence-electron chi connectivity index (χ0n) is 2.69.